The highest BCUT2D eigenvalue weighted by molar-refractivity contribution is 6.22. The maximum absolute atomic E-state index is 12.2. The lowest BCUT2D eigenvalue weighted by Gasteiger charge is -2.03. The van der Waals surface area contributed by atoms with E-state index in [-0.39, 0.29) is 28.3 Å². The van der Waals surface area contributed by atoms with Gasteiger partial charge in [-0.15, -0.1) is 0 Å². The van der Waals surface area contributed by atoms with E-state index in [1.807, 2.05) is 0 Å². The minimum atomic E-state index is -0.380. The maximum atomic E-state index is 12.2. The summed E-state index contributed by atoms with van der Waals surface area (Å²) in [6, 6.07) is 9.34. The molecule has 4 nitrogen and oxygen atoms in total. The van der Waals surface area contributed by atoms with Crippen LogP contribution in [0.2, 0.25) is 0 Å². The molecular formula is C15H10O4. The molecular weight excluding hydrogens is 244 g/mol. The van der Waals surface area contributed by atoms with Gasteiger partial charge in [0.1, 0.15) is 0 Å². The van der Waals surface area contributed by atoms with E-state index < -0.39 is 0 Å². The van der Waals surface area contributed by atoms with Gasteiger partial charge in [0.25, 0.3) is 0 Å². The van der Waals surface area contributed by atoms with Gasteiger partial charge in [0, 0.05) is 22.8 Å². The highest BCUT2D eigenvalue weighted by Crippen LogP contribution is 2.44. The predicted molar refractivity (Wildman–Crippen MR) is 69.8 cm³/mol. The fraction of sp³-hybridized carbons (Fsp3) is 0.0667. The summed E-state index contributed by atoms with van der Waals surface area (Å²) in [5.41, 5.74) is 1.30. The normalized spacial score (nSPS) is 11.9. The standard InChI is InChI=1S/C15H10O4/c1-19-12-7-8(16)6-11-13(15(12)18)9-4-2-3-5-10(9)14(11)17/h2-7,18H,1H3. The van der Waals surface area contributed by atoms with Crippen molar-refractivity contribution in [1.82, 2.24) is 0 Å². The van der Waals surface area contributed by atoms with Gasteiger partial charge in [-0.2, -0.15) is 0 Å². The molecule has 3 rings (SSSR count). The number of ketones is 1. The number of ether oxygens (including phenoxy) is 1. The fourth-order valence-corrected chi connectivity index (χ4v) is 2.36. The van der Waals surface area contributed by atoms with Crippen molar-refractivity contribution in [1.29, 1.82) is 0 Å². The Bertz CT molecular complexity index is 762. The van der Waals surface area contributed by atoms with E-state index in [0.29, 0.717) is 16.7 Å². The molecule has 0 aromatic heterocycles. The molecule has 94 valence electrons. The molecule has 2 aromatic carbocycles. The number of aromatic hydroxyl groups is 1. The van der Waals surface area contributed by atoms with E-state index in [0.717, 1.165) is 0 Å². The minimum Gasteiger partial charge on any atom is -0.504 e. The third kappa shape index (κ3) is 1.53. The summed E-state index contributed by atoms with van der Waals surface area (Å²) in [4.78, 5) is 24.0. The number of hydrogen-bond donors (Lipinski definition) is 1. The van der Waals surface area contributed by atoms with Crippen LogP contribution in [0.3, 0.4) is 0 Å². The van der Waals surface area contributed by atoms with E-state index in [1.165, 1.54) is 19.2 Å². The van der Waals surface area contributed by atoms with Crippen molar-refractivity contribution in [3.63, 3.8) is 0 Å². The Morgan fingerprint density at radius 2 is 1.68 bits per heavy atom. The number of rotatable bonds is 1. The van der Waals surface area contributed by atoms with E-state index in [2.05, 4.69) is 0 Å². The van der Waals surface area contributed by atoms with Crippen molar-refractivity contribution in [2.24, 2.45) is 0 Å². The molecule has 2 aromatic rings. The molecule has 0 unspecified atom stereocenters. The summed E-state index contributed by atoms with van der Waals surface area (Å²) in [6.07, 6.45) is 0. The van der Waals surface area contributed by atoms with Crippen LogP contribution in [0.25, 0.3) is 11.1 Å². The van der Waals surface area contributed by atoms with Gasteiger partial charge < -0.3 is 9.84 Å². The average molecular weight is 254 g/mol. The summed E-state index contributed by atoms with van der Waals surface area (Å²) < 4.78 is 5.00. The molecule has 0 atom stereocenters. The molecule has 1 N–H and O–H groups in total. The van der Waals surface area contributed by atoms with Gasteiger partial charge in [-0.3, -0.25) is 9.59 Å². The Labute approximate surface area is 108 Å². The van der Waals surface area contributed by atoms with Crippen molar-refractivity contribution >= 4 is 5.78 Å². The Hall–Kier alpha value is -2.62. The molecule has 0 aliphatic heterocycles. The molecule has 1 aliphatic carbocycles. The smallest absolute Gasteiger partial charge is 0.194 e. The van der Waals surface area contributed by atoms with Gasteiger partial charge in [-0.1, -0.05) is 24.3 Å². The molecule has 0 amide bonds. The summed E-state index contributed by atoms with van der Waals surface area (Å²) in [7, 11) is 1.36. The first-order chi connectivity index (χ1) is 9.13. The third-order valence-electron chi connectivity index (χ3n) is 3.21. The topological polar surface area (TPSA) is 63.6 Å². The molecule has 0 heterocycles. The zero-order valence-electron chi connectivity index (χ0n) is 10.1. The number of carbonyl (C=O) groups is 1. The van der Waals surface area contributed by atoms with Gasteiger partial charge in [0.15, 0.2) is 22.7 Å². The SMILES string of the molecule is COc1cc(=O)cc2c(c1O)-c1ccccc1C2=O. The van der Waals surface area contributed by atoms with Crippen molar-refractivity contribution in [2.75, 3.05) is 7.11 Å². The Balaban J connectivity index is 2.50. The molecule has 0 spiro atoms. The zero-order chi connectivity index (χ0) is 13.6. The number of carbonyl (C=O) groups excluding carboxylic acids is 1. The van der Waals surface area contributed by atoms with Crippen molar-refractivity contribution in [2.45, 2.75) is 0 Å². The lowest BCUT2D eigenvalue weighted by Crippen LogP contribution is -1.99. The van der Waals surface area contributed by atoms with Gasteiger partial charge in [-0.05, 0) is 11.6 Å². The fourth-order valence-electron chi connectivity index (χ4n) is 2.36. The molecule has 0 fully saturated rings. The Morgan fingerprint density at radius 3 is 2.37 bits per heavy atom. The Kier molecular flexibility index (Phi) is 2.38. The van der Waals surface area contributed by atoms with Crippen LogP contribution in [0, 0.1) is 0 Å². The second-order valence-corrected chi connectivity index (χ2v) is 4.27. The van der Waals surface area contributed by atoms with Gasteiger partial charge in [-0.25, -0.2) is 0 Å². The molecule has 0 radical (unpaired) electrons. The maximum Gasteiger partial charge on any atom is 0.194 e. The lowest BCUT2D eigenvalue weighted by molar-refractivity contribution is 0.104. The molecule has 0 saturated heterocycles. The van der Waals surface area contributed by atoms with Crippen LogP contribution in [-0.4, -0.2) is 18.0 Å². The predicted octanol–water partition coefficient (Wildman–Crippen LogP) is 1.97. The highest BCUT2D eigenvalue weighted by Gasteiger charge is 2.29. The largest absolute Gasteiger partial charge is 0.504 e. The number of methoxy groups -OCH3 is 1. The minimum absolute atomic E-state index is 0.0655. The molecule has 1 aliphatic rings. The first kappa shape index (κ1) is 11.5. The summed E-state index contributed by atoms with van der Waals surface area (Å²) in [6.45, 7) is 0. The van der Waals surface area contributed by atoms with E-state index >= 15 is 0 Å². The molecule has 0 saturated carbocycles. The highest BCUT2D eigenvalue weighted by atomic mass is 16.5. The van der Waals surface area contributed by atoms with Crippen LogP contribution in [0.4, 0.5) is 0 Å². The average Bonchev–Trinajstić information content (AvgIpc) is 2.61. The van der Waals surface area contributed by atoms with Crippen LogP contribution in [-0.2, 0) is 0 Å². The lowest BCUT2D eigenvalue weighted by atomic mass is 10.1. The zero-order valence-corrected chi connectivity index (χ0v) is 10.1. The second kappa shape index (κ2) is 3.95. The van der Waals surface area contributed by atoms with E-state index in [1.54, 1.807) is 24.3 Å². The van der Waals surface area contributed by atoms with E-state index in [9.17, 15) is 14.7 Å². The summed E-state index contributed by atoms with van der Waals surface area (Å²) in [5.74, 6) is -0.370. The van der Waals surface area contributed by atoms with Crippen LogP contribution in [0.5, 0.6) is 11.5 Å². The third-order valence-corrected chi connectivity index (χ3v) is 3.21. The molecule has 0 bridgehead atoms. The van der Waals surface area contributed by atoms with Crippen molar-refractivity contribution in [3.05, 3.63) is 57.7 Å². The van der Waals surface area contributed by atoms with Crippen molar-refractivity contribution in [3.8, 4) is 22.6 Å². The summed E-state index contributed by atoms with van der Waals surface area (Å²) >= 11 is 0. The monoisotopic (exact) mass is 254 g/mol. The van der Waals surface area contributed by atoms with Crippen LogP contribution in [0.15, 0.2) is 41.2 Å². The van der Waals surface area contributed by atoms with Gasteiger partial charge in [0.05, 0.1) is 7.11 Å². The van der Waals surface area contributed by atoms with Crippen LogP contribution in [0.1, 0.15) is 15.9 Å². The Morgan fingerprint density at radius 1 is 1.00 bits per heavy atom. The van der Waals surface area contributed by atoms with E-state index in [4.69, 9.17) is 4.74 Å². The first-order valence-corrected chi connectivity index (χ1v) is 5.73. The first-order valence-electron chi connectivity index (χ1n) is 5.73. The van der Waals surface area contributed by atoms with Crippen molar-refractivity contribution < 1.29 is 14.6 Å². The number of benzene rings is 1. The van der Waals surface area contributed by atoms with Gasteiger partial charge in [0.2, 0.25) is 0 Å². The number of hydrogen-bond acceptors (Lipinski definition) is 4. The van der Waals surface area contributed by atoms with Gasteiger partial charge >= 0.3 is 0 Å². The second-order valence-electron chi connectivity index (χ2n) is 4.27. The summed E-state index contributed by atoms with van der Waals surface area (Å²) in [5, 5.41) is 10.2. The number of fused-ring (bicyclic) bond motifs is 3. The van der Waals surface area contributed by atoms with Crippen LogP contribution < -0.4 is 10.2 Å². The molecule has 4 heteroatoms. The quantitative estimate of drug-likeness (QED) is 0.721. The molecule has 19 heavy (non-hydrogen) atoms. The van der Waals surface area contributed by atoms with Crippen LogP contribution >= 0.6 is 0 Å².